The molecule has 5 nitrogen and oxygen atoms in total. The van der Waals surface area contributed by atoms with Crippen molar-refractivity contribution in [3.63, 3.8) is 0 Å². The van der Waals surface area contributed by atoms with Crippen LogP contribution < -0.4 is 5.32 Å². The molecule has 7 heteroatoms. The zero-order chi connectivity index (χ0) is 15.2. The molecule has 0 bridgehead atoms. The number of alkyl halides is 2. The van der Waals surface area contributed by atoms with Crippen LogP contribution in [0, 0.1) is 0 Å². The fourth-order valence-electron chi connectivity index (χ4n) is 1.84. The minimum Gasteiger partial charge on any atom is -0.334 e. The summed E-state index contributed by atoms with van der Waals surface area (Å²) in [5.74, 6) is 0.141. The van der Waals surface area contributed by atoms with Gasteiger partial charge in [-0.25, -0.2) is 9.78 Å². The molecule has 0 radical (unpaired) electrons. The van der Waals surface area contributed by atoms with Gasteiger partial charge in [0.2, 0.25) is 0 Å². The summed E-state index contributed by atoms with van der Waals surface area (Å²) < 4.78 is 26.1. The minimum atomic E-state index is -2.66. The number of aromatic nitrogens is 2. The van der Waals surface area contributed by atoms with Crippen LogP contribution in [0.5, 0.6) is 0 Å². The summed E-state index contributed by atoms with van der Waals surface area (Å²) in [5, 5.41) is 2.72. The molecule has 2 rings (SSSR count). The van der Waals surface area contributed by atoms with E-state index in [-0.39, 0.29) is 18.4 Å². The Hall–Kier alpha value is -2.44. The molecule has 1 aromatic heterocycles. The summed E-state index contributed by atoms with van der Waals surface area (Å²) in [6.07, 6.45) is 2.48. The predicted molar refractivity (Wildman–Crippen MR) is 73.6 cm³/mol. The normalized spacial score (nSPS) is 10.7. The van der Waals surface area contributed by atoms with Gasteiger partial charge in [0.15, 0.2) is 0 Å². The molecule has 1 aromatic carbocycles. The molecule has 0 saturated carbocycles. The van der Waals surface area contributed by atoms with Gasteiger partial charge in [0.25, 0.3) is 0 Å². The molecule has 0 fully saturated rings. The first-order chi connectivity index (χ1) is 10.1. The van der Waals surface area contributed by atoms with E-state index < -0.39 is 6.55 Å². The first kappa shape index (κ1) is 15.0. The summed E-state index contributed by atoms with van der Waals surface area (Å²) in [7, 11) is 1.53. The lowest BCUT2D eigenvalue weighted by molar-refractivity contribution is 0.0651. The van der Waals surface area contributed by atoms with Gasteiger partial charge in [0, 0.05) is 26.0 Å². The largest absolute Gasteiger partial charge is 0.334 e. The van der Waals surface area contributed by atoms with Crippen molar-refractivity contribution in [1.29, 1.82) is 0 Å². The molecule has 112 valence electrons. The van der Waals surface area contributed by atoms with Crippen molar-refractivity contribution < 1.29 is 13.6 Å². The lowest BCUT2D eigenvalue weighted by Crippen LogP contribution is -2.37. The van der Waals surface area contributed by atoms with Gasteiger partial charge in [-0.2, -0.15) is 8.78 Å². The smallest absolute Gasteiger partial charge is 0.319 e. The summed E-state index contributed by atoms with van der Waals surface area (Å²) >= 11 is 0. The highest BCUT2D eigenvalue weighted by molar-refractivity contribution is 5.73. The average molecular weight is 294 g/mol. The third-order valence-corrected chi connectivity index (χ3v) is 2.97. The van der Waals surface area contributed by atoms with E-state index in [0.717, 1.165) is 10.1 Å². The number of amides is 2. The Morgan fingerprint density at radius 1 is 1.38 bits per heavy atom. The van der Waals surface area contributed by atoms with Crippen molar-refractivity contribution in [2.45, 2.75) is 19.6 Å². The summed E-state index contributed by atoms with van der Waals surface area (Å²) in [5.41, 5.74) is 0.966. The van der Waals surface area contributed by atoms with E-state index in [2.05, 4.69) is 10.3 Å². The number of halogens is 2. The molecule has 2 aromatic rings. The molecule has 21 heavy (non-hydrogen) atoms. The predicted octanol–water partition coefficient (Wildman–Crippen LogP) is 2.62. The fourth-order valence-corrected chi connectivity index (χ4v) is 1.84. The monoisotopic (exact) mass is 294 g/mol. The van der Waals surface area contributed by atoms with Crippen LogP contribution >= 0.6 is 0 Å². The molecule has 0 unspecified atom stereocenters. The molecule has 2 amide bonds. The maximum absolute atomic E-state index is 12.7. The molecule has 0 aliphatic rings. The number of imidazole rings is 1. The first-order valence-electron chi connectivity index (χ1n) is 6.40. The van der Waals surface area contributed by atoms with Gasteiger partial charge < -0.3 is 10.2 Å². The van der Waals surface area contributed by atoms with Gasteiger partial charge in [0.05, 0.1) is 6.54 Å². The van der Waals surface area contributed by atoms with E-state index in [0.29, 0.717) is 6.54 Å². The molecular weight excluding hydrogens is 278 g/mol. The third-order valence-electron chi connectivity index (χ3n) is 2.97. The highest BCUT2D eigenvalue weighted by Crippen LogP contribution is 2.13. The van der Waals surface area contributed by atoms with E-state index in [1.54, 1.807) is 0 Å². The molecule has 0 aliphatic carbocycles. The Bertz CT molecular complexity index is 586. The first-order valence-corrected chi connectivity index (χ1v) is 6.40. The van der Waals surface area contributed by atoms with Gasteiger partial charge in [-0.1, -0.05) is 30.3 Å². The molecule has 0 aliphatic heterocycles. The lowest BCUT2D eigenvalue weighted by atomic mass is 10.2. The maximum atomic E-state index is 12.7. The molecule has 1 heterocycles. The van der Waals surface area contributed by atoms with Crippen LogP contribution in [0.25, 0.3) is 0 Å². The fraction of sp³-hybridized carbons (Fsp3) is 0.286. The summed E-state index contributed by atoms with van der Waals surface area (Å²) in [4.78, 5) is 17.1. The SMILES string of the molecule is CN(Cc1nccn1C(F)F)C(=O)NCc1ccccc1. The third kappa shape index (κ3) is 4.01. The van der Waals surface area contributed by atoms with Crippen molar-refractivity contribution in [2.75, 3.05) is 7.05 Å². The molecule has 0 atom stereocenters. The second-order valence-corrected chi connectivity index (χ2v) is 4.53. The van der Waals surface area contributed by atoms with Crippen molar-refractivity contribution in [3.8, 4) is 0 Å². The quantitative estimate of drug-likeness (QED) is 0.921. The second kappa shape index (κ2) is 6.83. The Morgan fingerprint density at radius 3 is 2.76 bits per heavy atom. The number of nitrogens with zero attached hydrogens (tertiary/aromatic N) is 3. The average Bonchev–Trinajstić information content (AvgIpc) is 2.94. The van der Waals surface area contributed by atoms with Crippen LogP contribution in [-0.2, 0) is 13.1 Å². The Morgan fingerprint density at radius 2 is 2.10 bits per heavy atom. The number of hydrogen-bond donors (Lipinski definition) is 1. The van der Waals surface area contributed by atoms with Gasteiger partial charge >= 0.3 is 12.6 Å². The van der Waals surface area contributed by atoms with Crippen molar-refractivity contribution >= 4 is 6.03 Å². The Kier molecular flexibility index (Phi) is 4.86. The van der Waals surface area contributed by atoms with Gasteiger partial charge in [0.1, 0.15) is 5.82 Å². The number of nitrogens with one attached hydrogen (secondary N) is 1. The topological polar surface area (TPSA) is 50.2 Å². The summed E-state index contributed by atoms with van der Waals surface area (Å²) in [6, 6.07) is 9.09. The molecule has 1 N–H and O–H groups in total. The lowest BCUT2D eigenvalue weighted by Gasteiger charge is -2.18. The zero-order valence-corrected chi connectivity index (χ0v) is 11.5. The van der Waals surface area contributed by atoms with E-state index in [1.807, 2.05) is 30.3 Å². The Balaban J connectivity index is 1.89. The van der Waals surface area contributed by atoms with E-state index in [1.165, 1.54) is 24.3 Å². The van der Waals surface area contributed by atoms with Crippen LogP contribution in [0.1, 0.15) is 17.9 Å². The van der Waals surface area contributed by atoms with E-state index in [4.69, 9.17) is 0 Å². The summed E-state index contributed by atoms with van der Waals surface area (Å²) in [6.45, 7) is -2.27. The van der Waals surface area contributed by atoms with E-state index >= 15 is 0 Å². The van der Waals surface area contributed by atoms with Gasteiger partial charge in [-0.05, 0) is 5.56 Å². The number of carbonyl (C=O) groups excluding carboxylic acids is 1. The highest BCUT2D eigenvalue weighted by Gasteiger charge is 2.15. The molecule has 0 spiro atoms. The van der Waals surface area contributed by atoms with Gasteiger partial charge in [-0.3, -0.25) is 4.57 Å². The van der Waals surface area contributed by atoms with Crippen molar-refractivity contribution in [3.05, 3.63) is 54.1 Å². The van der Waals surface area contributed by atoms with Crippen LogP contribution in [0.2, 0.25) is 0 Å². The van der Waals surface area contributed by atoms with E-state index in [9.17, 15) is 13.6 Å². The van der Waals surface area contributed by atoms with Crippen LogP contribution in [0.4, 0.5) is 13.6 Å². The van der Waals surface area contributed by atoms with Crippen molar-refractivity contribution in [1.82, 2.24) is 19.8 Å². The van der Waals surface area contributed by atoms with Crippen LogP contribution in [-0.4, -0.2) is 27.5 Å². The zero-order valence-electron chi connectivity index (χ0n) is 11.5. The number of benzene rings is 1. The number of rotatable bonds is 5. The van der Waals surface area contributed by atoms with Crippen LogP contribution in [0.15, 0.2) is 42.7 Å². The molecular formula is C14H16F2N4O. The number of urea groups is 1. The highest BCUT2D eigenvalue weighted by atomic mass is 19.3. The Labute approximate surface area is 121 Å². The molecule has 0 saturated heterocycles. The van der Waals surface area contributed by atoms with Gasteiger partial charge in [-0.15, -0.1) is 0 Å². The van der Waals surface area contributed by atoms with Crippen molar-refractivity contribution in [2.24, 2.45) is 0 Å². The maximum Gasteiger partial charge on any atom is 0.319 e. The number of carbonyl (C=O) groups is 1. The standard InChI is InChI=1S/C14H16F2N4O/c1-19(10-12-17-7-8-20(12)13(15)16)14(21)18-9-11-5-3-2-4-6-11/h2-8,13H,9-10H2,1H3,(H,18,21). The van der Waals surface area contributed by atoms with Crippen LogP contribution in [0.3, 0.4) is 0 Å². The second-order valence-electron chi connectivity index (χ2n) is 4.53. The number of hydrogen-bond acceptors (Lipinski definition) is 2. The minimum absolute atomic E-state index is 0.0119.